The van der Waals surface area contributed by atoms with Crippen LogP contribution < -0.4 is 15.8 Å². The van der Waals surface area contributed by atoms with Gasteiger partial charge in [-0.3, -0.25) is 4.79 Å². The second-order valence-corrected chi connectivity index (χ2v) is 5.98. The van der Waals surface area contributed by atoms with E-state index in [-0.39, 0.29) is 11.7 Å². The van der Waals surface area contributed by atoms with E-state index in [1.807, 2.05) is 19.9 Å². The molecule has 0 amide bonds. The van der Waals surface area contributed by atoms with Crippen LogP contribution in [0.5, 0.6) is 0 Å². The summed E-state index contributed by atoms with van der Waals surface area (Å²) >= 11 is 0. The second-order valence-electron chi connectivity index (χ2n) is 5.98. The summed E-state index contributed by atoms with van der Waals surface area (Å²) in [6, 6.07) is 2.05. The molecular formula is C16H22N6O2. The largest absolute Gasteiger partial charge is 0.373 e. The van der Waals surface area contributed by atoms with Crippen LogP contribution in [0.3, 0.4) is 0 Å². The van der Waals surface area contributed by atoms with Crippen LogP contribution in [0.25, 0.3) is 0 Å². The van der Waals surface area contributed by atoms with Crippen molar-refractivity contribution in [1.29, 1.82) is 0 Å². The SMILES string of the molecule is Cc1cc(N2CCO[C@H](CNc3nccn(C)c3=O)C2)nnc1C. The van der Waals surface area contributed by atoms with Gasteiger partial charge in [0, 0.05) is 39.1 Å². The molecule has 0 bridgehead atoms. The summed E-state index contributed by atoms with van der Waals surface area (Å²) in [6.07, 6.45) is 3.18. The van der Waals surface area contributed by atoms with Gasteiger partial charge in [-0.15, -0.1) is 5.10 Å². The first-order valence-corrected chi connectivity index (χ1v) is 7.97. The van der Waals surface area contributed by atoms with Crippen LogP contribution in [-0.4, -0.2) is 52.1 Å². The van der Waals surface area contributed by atoms with Crippen molar-refractivity contribution in [3.05, 3.63) is 40.1 Å². The summed E-state index contributed by atoms with van der Waals surface area (Å²) in [4.78, 5) is 18.2. The lowest BCUT2D eigenvalue weighted by Crippen LogP contribution is -2.46. The molecule has 8 heteroatoms. The molecule has 24 heavy (non-hydrogen) atoms. The molecule has 3 heterocycles. The van der Waals surface area contributed by atoms with Crippen molar-refractivity contribution in [2.24, 2.45) is 7.05 Å². The van der Waals surface area contributed by atoms with Crippen LogP contribution >= 0.6 is 0 Å². The molecule has 0 radical (unpaired) electrons. The van der Waals surface area contributed by atoms with Gasteiger partial charge in [-0.25, -0.2) is 4.98 Å². The number of ether oxygens (including phenoxy) is 1. The number of aromatic nitrogens is 4. The highest BCUT2D eigenvalue weighted by molar-refractivity contribution is 5.41. The predicted octanol–water partition coefficient (Wildman–Crippen LogP) is 0.504. The molecule has 1 fully saturated rings. The maximum Gasteiger partial charge on any atom is 0.293 e. The predicted molar refractivity (Wildman–Crippen MR) is 91.4 cm³/mol. The Morgan fingerprint density at radius 1 is 1.38 bits per heavy atom. The average molecular weight is 330 g/mol. The summed E-state index contributed by atoms with van der Waals surface area (Å²) < 4.78 is 7.28. The minimum absolute atomic E-state index is 0.0473. The van der Waals surface area contributed by atoms with E-state index in [1.165, 1.54) is 4.57 Å². The Kier molecular flexibility index (Phi) is 4.75. The van der Waals surface area contributed by atoms with E-state index in [9.17, 15) is 4.79 Å². The van der Waals surface area contributed by atoms with Gasteiger partial charge < -0.3 is 19.5 Å². The Balaban J connectivity index is 1.64. The Labute approximate surface area is 140 Å². The van der Waals surface area contributed by atoms with Gasteiger partial charge in [0.05, 0.1) is 18.4 Å². The highest BCUT2D eigenvalue weighted by atomic mass is 16.5. The molecule has 2 aromatic rings. The molecule has 1 atom stereocenters. The van der Waals surface area contributed by atoms with Crippen molar-refractivity contribution < 1.29 is 4.74 Å². The zero-order chi connectivity index (χ0) is 17.1. The third-order valence-electron chi connectivity index (χ3n) is 4.20. The van der Waals surface area contributed by atoms with Crippen molar-refractivity contribution in [2.75, 3.05) is 36.5 Å². The first kappa shape index (κ1) is 16.4. The Morgan fingerprint density at radius 3 is 3.00 bits per heavy atom. The van der Waals surface area contributed by atoms with Crippen LogP contribution in [0.15, 0.2) is 23.3 Å². The normalized spacial score (nSPS) is 17.8. The van der Waals surface area contributed by atoms with Crippen molar-refractivity contribution in [2.45, 2.75) is 20.0 Å². The fraction of sp³-hybridized carbons (Fsp3) is 0.500. The maximum absolute atomic E-state index is 12.0. The zero-order valence-electron chi connectivity index (χ0n) is 14.2. The van der Waals surface area contributed by atoms with Gasteiger partial charge in [0.15, 0.2) is 11.6 Å². The number of hydrogen-bond donors (Lipinski definition) is 1. The van der Waals surface area contributed by atoms with E-state index < -0.39 is 0 Å². The lowest BCUT2D eigenvalue weighted by molar-refractivity contribution is 0.0488. The smallest absolute Gasteiger partial charge is 0.293 e. The minimum atomic E-state index is -0.148. The van der Waals surface area contributed by atoms with Crippen LogP contribution in [0, 0.1) is 13.8 Å². The standard InChI is InChI=1S/C16H22N6O2/c1-11-8-14(20-19-12(11)2)22-6-7-24-13(10-22)9-18-15-16(23)21(3)5-4-17-15/h4-5,8,13H,6-7,9-10H2,1-3H3,(H,17,18)/t13-/m1/s1. The lowest BCUT2D eigenvalue weighted by Gasteiger charge is -2.33. The lowest BCUT2D eigenvalue weighted by atomic mass is 10.2. The van der Waals surface area contributed by atoms with E-state index in [0.717, 1.165) is 23.6 Å². The fourth-order valence-electron chi connectivity index (χ4n) is 2.57. The molecular weight excluding hydrogens is 308 g/mol. The van der Waals surface area contributed by atoms with Gasteiger partial charge in [0.25, 0.3) is 5.56 Å². The monoisotopic (exact) mass is 330 g/mol. The van der Waals surface area contributed by atoms with Crippen molar-refractivity contribution in [1.82, 2.24) is 19.7 Å². The van der Waals surface area contributed by atoms with Gasteiger partial charge in [0.1, 0.15) is 0 Å². The van der Waals surface area contributed by atoms with Crippen molar-refractivity contribution in [3.8, 4) is 0 Å². The summed E-state index contributed by atoms with van der Waals surface area (Å²) in [7, 11) is 1.70. The fourth-order valence-corrected chi connectivity index (χ4v) is 2.57. The molecule has 0 aliphatic carbocycles. The van der Waals surface area contributed by atoms with Crippen LogP contribution in [0.2, 0.25) is 0 Å². The third kappa shape index (κ3) is 3.53. The molecule has 1 aliphatic rings. The average Bonchev–Trinajstić information content (AvgIpc) is 2.59. The van der Waals surface area contributed by atoms with Gasteiger partial charge >= 0.3 is 0 Å². The molecule has 3 rings (SSSR count). The van der Waals surface area contributed by atoms with Gasteiger partial charge in [-0.05, 0) is 25.5 Å². The number of nitrogens with zero attached hydrogens (tertiary/aromatic N) is 5. The Bertz CT molecular complexity index is 775. The third-order valence-corrected chi connectivity index (χ3v) is 4.20. The highest BCUT2D eigenvalue weighted by Gasteiger charge is 2.22. The Hall–Kier alpha value is -2.48. The first-order chi connectivity index (χ1) is 11.5. The molecule has 1 N–H and O–H groups in total. The molecule has 2 aromatic heterocycles. The van der Waals surface area contributed by atoms with Crippen LogP contribution in [-0.2, 0) is 11.8 Å². The van der Waals surface area contributed by atoms with Gasteiger partial charge in [-0.1, -0.05) is 0 Å². The summed E-state index contributed by atoms with van der Waals surface area (Å²) in [5.74, 6) is 1.20. The van der Waals surface area contributed by atoms with Crippen molar-refractivity contribution in [3.63, 3.8) is 0 Å². The number of hydrogen-bond acceptors (Lipinski definition) is 7. The minimum Gasteiger partial charge on any atom is -0.373 e. The zero-order valence-corrected chi connectivity index (χ0v) is 14.2. The van der Waals surface area contributed by atoms with E-state index in [0.29, 0.717) is 25.5 Å². The van der Waals surface area contributed by atoms with Crippen LogP contribution in [0.1, 0.15) is 11.3 Å². The topological polar surface area (TPSA) is 85.2 Å². The van der Waals surface area contributed by atoms with E-state index >= 15 is 0 Å². The molecule has 0 saturated carbocycles. The molecule has 1 saturated heterocycles. The van der Waals surface area contributed by atoms with Crippen molar-refractivity contribution >= 4 is 11.6 Å². The van der Waals surface area contributed by atoms with Gasteiger partial charge in [0.2, 0.25) is 0 Å². The maximum atomic E-state index is 12.0. The number of morpholine rings is 1. The van der Waals surface area contributed by atoms with E-state index in [2.05, 4.69) is 25.4 Å². The van der Waals surface area contributed by atoms with Crippen LogP contribution in [0.4, 0.5) is 11.6 Å². The van der Waals surface area contributed by atoms with Gasteiger partial charge in [-0.2, -0.15) is 5.10 Å². The van der Waals surface area contributed by atoms with E-state index in [4.69, 9.17) is 4.74 Å². The molecule has 0 aromatic carbocycles. The number of aryl methyl sites for hydroxylation is 3. The molecule has 8 nitrogen and oxygen atoms in total. The number of anilines is 2. The second kappa shape index (κ2) is 6.96. The van der Waals surface area contributed by atoms with E-state index in [1.54, 1.807) is 19.4 Å². The summed E-state index contributed by atoms with van der Waals surface area (Å²) in [6.45, 7) is 6.58. The first-order valence-electron chi connectivity index (χ1n) is 7.97. The molecule has 0 unspecified atom stereocenters. The number of nitrogens with one attached hydrogen (secondary N) is 1. The molecule has 128 valence electrons. The Morgan fingerprint density at radius 2 is 2.21 bits per heavy atom. The molecule has 0 spiro atoms. The summed E-state index contributed by atoms with van der Waals surface area (Å²) in [5.41, 5.74) is 1.92. The summed E-state index contributed by atoms with van der Waals surface area (Å²) in [5, 5.41) is 11.6. The molecule has 1 aliphatic heterocycles. The number of rotatable bonds is 4. The quantitative estimate of drug-likeness (QED) is 0.874. The highest BCUT2D eigenvalue weighted by Crippen LogP contribution is 2.17.